The minimum Gasteiger partial charge on any atom is -0.493 e. The van der Waals surface area contributed by atoms with E-state index in [4.69, 9.17) is 13.9 Å². The van der Waals surface area contributed by atoms with Crippen molar-refractivity contribution in [2.75, 3.05) is 7.11 Å². The predicted octanol–water partition coefficient (Wildman–Crippen LogP) is 7.46. The van der Waals surface area contributed by atoms with Gasteiger partial charge in [-0.25, -0.2) is 5.43 Å². The highest BCUT2D eigenvalue weighted by atomic mass is 79.9. The van der Waals surface area contributed by atoms with Crippen molar-refractivity contribution in [1.29, 1.82) is 0 Å². The second kappa shape index (κ2) is 10.6. The molecule has 0 aliphatic rings. The zero-order valence-corrected chi connectivity index (χ0v) is 22.3. The number of carbonyl (C=O) groups excluding carboxylic acids is 1. The fourth-order valence-electron chi connectivity index (χ4n) is 3.87. The molecule has 4 aromatic carbocycles. The summed E-state index contributed by atoms with van der Waals surface area (Å²) in [5.74, 6) is 0.858. The molecule has 6 nitrogen and oxygen atoms in total. The summed E-state index contributed by atoms with van der Waals surface area (Å²) in [4.78, 5) is 12.5. The molecule has 180 valence electrons. The number of halogens is 2. The maximum Gasteiger partial charge on any atom is 0.307 e. The van der Waals surface area contributed by atoms with Crippen LogP contribution in [0.1, 0.15) is 21.7 Å². The van der Waals surface area contributed by atoms with Gasteiger partial charge in [-0.2, -0.15) is 5.10 Å². The van der Waals surface area contributed by atoms with Crippen LogP contribution >= 0.6 is 31.9 Å². The number of nitrogens with zero attached hydrogens (tertiary/aromatic N) is 1. The van der Waals surface area contributed by atoms with Crippen LogP contribution in [0.25, 0.3) is 21.7 Å². The second-order valence-corrected chi connectivity index (χ2v) is 9.72. The van der Waals surface area contributed by atoms with Gasteiger partial charge in [-0.15, -0.1) is 0 Å². The topological polar surface area (TPSA) is 73.1 Å². The molecule has 0 atom stereocenters. The molecule has 0 fully saturated rings. The summed E-state index contributed by atoms with van der Waals surface area (Å²) >= 11 is 6.98. The van der Waals surface area contributed by atoms with E-state index in [0.29, 0.717) is 33.7 Å². The van der Waals surface area contributed by atoms with Crippen molar-refractivity contribution in [3.63, 3.8) is 0 Å². The lowest BCUT2D eigenvalue weighted by Crippen LogP contribution is -2.16. The minimum absolute atomic E-state index is 0.177. The van der Waals surface area contributed by atoms with Crippen molar-refractivity contribution in [3.8, 4) is 11.5 Å². The van der Waals surface area contributed by atoms with Crippen LogP contribution in [0.4, 0.5) is 0 Å². The Balaban J connectivity index is 1.29. The van der Waals surface area contributed by atoms with E-state index >= 15 is 0 Å². The Labute approximate surface area is 224 Å². The Morgan fingerprint density at radius 1 is 1.00 bits per heavy atom. The Kier molecular flexibility index (Phi) is 7.06. The van der Waals surface area contributed by atoms with Gasteiger partial charge in [0.05, 0.1) is 17.8 Å². The Hall–Kier alpha value is -3.62. The van der Waals surface area contributed by atoms with Crippen molar-refractivity contribution in [3.05, 3.63) is 105 Å². The molecule has 0 aliphatic carbocycles. The van der Waals surface area contributed by atoms with Crippen LogP contribution in [-0.4, -0.2) is 19.2 Å². The average molecular weight is 608 g/mol. The number of furan rings is 1. The minimum atomic E-state index is -0.445. The molecule has 5 aromatic rings. The van der Waals surface area contributed by atoms with E-state index in [9.17, 15) is 4.79 Å². The lowest BCUT2D eigenvalue weighted by atomic mass is 10.1. The van der Waals surface area contributed by atoms with Crippen LogP contribution in [0.5, 0.6) is 11.5 Å². The molecule has 36 heavy (non-hydrogen) atoms. The first-order valence-corrected chi connectivity index (χ1v) is 12.6. The molecule has 0 aliphatic heterocycles. The molecule has 1 heterocycles. The molecule has 0 saturated heterocycles. The fraction of sp³-hybridized carbons (Fsp3) is 0.0714. The quantitative estimate of drug-likeness (QED) is 0.154. The molecule has 1 amide bonds. The lowest BCUT2D eigenvalue weighted by molar-refractivity contribution is 0.0929. The molecule has 0 saturated carbocycles. The molecule has 1 N–H and O–H groups in total. The third kappa shape index (κ3) is 5.15. The number of carbonyl (C=O) groups is 1. The number of hydrogen-bond acceptors (Lipinski definition) is 5. The molecular weight excluding hydrogens is 588 g/mol. The number of nitrogens with one attached hydrogen (secondary N) is 1. The highest BCUT2D eigenvalue weighted by Gasteiger charge is 2.14. The molecule has 0 bridgehead atoms. The standard InChI is InChI=1S/C28H20Br2N2O4/c1-34-25-12-17(15-31-32-28(33)26-14-20-13-21(29)9-10-24(20)36-26)11-23(30)27(25)35-16-19-7-4-6-18-5-2-3-8-22(18)19/h2-15H,16H2,1H3,(H,32,33)/b31-15-. The van der Waals surface area contributed by atoms with E-state index in [2.05, 4.69) is 60.6 Å². The Morgan fingerprint density at radius 2 is 1.83 bits per heavy atom. The summed E-state index contributed by atoms with van der Waals surface area (Å²) in [5, 5.41) is 7.20. The largest absolute Gasteiger partial charge is 0.493 e. The molecule has 0 radical (unpaired) electrons. The van der Waals surface area contributed by atoms with E-state index in [0.717, 1.165) is 26.2 Å². The van der Waals surface area contributed by atoms with Crippen LogP contribution in [0.2, 0.25) is 0 Å². The number of ether oxygens (including phenoxy) is 2. The van der Waals surface area contributed by atoms with E-state index in [1.165, 1.54) is 6.21 Å². The van der Waals surface area contributed by atoms with E-state index in [-0.39, 0.29) is 5.76 Å². The van der Waals surface area contributed by atoms with Crippen molar-refractivity contribution in [2.45, 2.75) is 6.61 Å². The number of amides is 1. The van der Waals surface area contributed by atoms with Gasteiger partial charge >= 0.3 is 5.91 Å². The summed E-state index contributed by atoms with van der Waals surface area (Å²) in [6, 6.07) is 25.2. The summed E-state index contributed by atoms with van der Waals surface area (Å²) in [7, 11) is 1.58. The third-order valence-electron chi connectivity index (χ3n) is 5.59. The summed E-state index contributed by atoms with van der Waals surface area (Å²) in [6.07, 6.45) is 1.53. The van der Waals surface area contributed by atoms with E-state index in [1.807, 2.05) is 42.5 Å². The van der Waals surface area contributed by atoms with Gasteiger partial charge in [-0.1, -0.05) is 58.4 Å². The van der Waals surface area contributed by atoms with Crippen LogP contribution in [0.15, 0.2) is 97.3 Å². The van der Waals surface area contributed by atoms with Crippen LogP contribution in [-0.2, 0) is 6.61 Å². The zero-order valence-electron chi connectivity index (χ0n) is 19.1. The number of hydrogen-bond donors (Lipinski definition) is 1. The number of hydrazone groups is 1. The number of benzene rings is 4. The highest BCUT2D eigenvalue weighted by Crippen LogP contribution is 2.37. The Morgan fingerprint density at radius 3 is 2.69 bits per heavy atom. The second-order valence-electron chi connectivity index (χ2n) is 7.95. The first kappa shape index (κ1) is 24.1. The number of methoxy groups -OCH3 is 1. The van der Waals surface area contributed by atoms with Crippen molar-refractivity contribution in [1.82, 2.24) is 5.43 Å². The molecule has 8 heteroatoms. The zero-order chi connectivity index (χ0) is 25.1. The van der Waals surface area contributed by atoms with Gasteiger partial charge in [0.1, 0.15) is 12.2 Å². The average Bonchev–Trinajstić information content (AvgIpc) is 3.31. The van der Waals surface area contributed by atoms with Gasteiger partial charge in [-0.05, 0) is 74.2 Å². The van der Waals surface area contributed by atoms with Gasteiger partial charge in [0.25, 0.3) is 0 Å². The monoisotopic (exact) mass is 606 g/mol. The van der Waals surface area contributed by atoms with Crippen molar-refractivity contribution < 1.29 is 18.7 Å². The lowest BCUT2D eigenvalue weighted by Gasteiger charge is -2.14. The first-order chi connectivity index (χ1) is 17.5. The number of rotatable bonds is 7. The molecule has 0 unspecified atom stereocenters. The predicted molar refractivity (Wildman–Crippen MR) is 148 cm³/mol. The molecule has 0 spiro atoms. The van der Waals surface area contributed by atoms with Gasteiger partial charge in [0, 0.05) is 9.86 Å². The summed E-state index contributed by atoms with van der Waals surface area (Å²) in [5.41, 5.74) is 4.91. The smallest absolute Gasteiger partial charge is 0.307 e. The van der Waals surface area contributed by atoms with E-state index < -0.39 is 5.91 Å². The molecule has 1 aromatic heterocycles. The maximum absolute atomic E-state index is 12.5. The highest BCUT2D eigenvalue weighted by molar-refractivity contribution is 9.10. The molecule has 5 rings (SSSR count). The van der Waals surface area contributed by atoms with Crippen LogP contribution < -0.4 is 14.9 Å². The van der Waals surface area contributed by atoms with E-state index in [1.54, 1.807) is 25.3 Å². The summed E-state index contributed by atoms with van der Waals surface area (Å²) in [6.45, 7) is 0.383. The van der Waals surface area contributed by atoms with Crippen molar-refractivity contribution in [2.24, 2.45) is 5.10 Å². The first-order valence-electron chi connectivity index (χ1n) is 11.0. The van der Waals surface area contributed by atoms with Gasteiger partial charge in [0.15, 0.2) is 17.3 Å². The SMILES string of the molecule is COc1cc(/C=N\NC(=O)c2cc3cc(Br)ccc3o2)cc(Br)c1OCc1cccc2ccccc12. The van der Waals surface area contributed by atoms with Gasteiger partial charge < -0.3 is 13.9 Å². The van der Waals surface area contributed by atoms with Crippen LogP contribution in [0, 0.1) is 0 Å². The number of fused-ring (bicyclic) bond motifs is 2. The third-order valence-corrected chi connectivity index (χ3v) is 6.67. The van der Waals surface area contributed by atoms with Gasteiger partial charge in [-0.3, -0.25) is 4.79 Å². The maximum atomic E-state index is 12.5. The fourth-order valence-corrected chi connectivity index (χ4v) is 4.82. The van der Waals surface area contributed by atoms with Crippen molar-refractivity contribution >= 4 is 65.7 Å². The van der Waals surface area contributed by atoms with Crippen LogP contribution in [0.3, 0.4) is 0 Å². The Bertz CT molecular complexity index is 1610. The van der Waals surface area contributed by atoms with Gasteiger partial charge in [0.2, 0.25) is 0 Å². The summed E-state index contributed by atoms with van der Waals surface area (Å²) < 4.78 is 18.9. The molecular formula is C28H20Br2N2O4. The normalized spacial score (nSPS) is 11.3.